The van der Waals surface area contributed by atoms with Crippen LogP contribution in [-0.4, -0.2) is 22.1 Å². The molecule has 1 aromatic heterocycles. The molecule has 2 aromatic rings. The zero-order valence-electron chi connectivity index (χ0n) is 11.0. The van der Waals surface area contributed by atoms with Crippen molar-refractivity contribution in [1.29, 1.82) is 0 Å². The summed E-state index contributed by atoms with van der Waals surface area (Å²) in [5.41, 5.74) is 2.15. The highest BCUT2D eigenvalue weighted by atomic mass is 35.5. The smallest absolute Gasteiger partial charge is 0.255 e. The van der Waals surface area contributed by atoms with Crippen LogP contribution < -0.4 is 5.32 Å². The number of aromatic amines is 1. The van der Waals surface area contributed by atoms with Crippen LogP contribution in [-0.2, 0) is 0 Å². The maximum Gasteiger partial charge on any atom is 0.255 e. The fraction of sp³-hybridized carbons (Fsp3) is 0.333. The van der Waals surface area contributed by atoms with Crippen LogP contribution in [0.25, 0.3) is 11.3 Å². The molecular formula is C15H16ClN3O. The molecule has 1 amide bonds. The first-order valence-electron chi connectivity index (χ1n) is 6.84. The predicted molar refractivity (Wildman–Crippen MR) is 78.8 cm³/mol. The van der Waals surface area contributed by atoms with E-state index in [0.717, 1.165) is 18.4 Å². The Hall–Kier alpha value is -1.81. The van der Waals surface area contributed by atoms with Gasteiger partial charge in [-0.1, -0.05) is 36.6 Å². The lowest BCUT2D eigenvalue weighted by Crippen LogP contribution is -2.32. The molecule has 4 nitrogen and oxygen atoms in total. The van der Waals surface area contributed by atoms with Gasteiger partial charge in [0.1, 0.15) is 0 Å². The Morgan fingerprint density at radius 1 is 1.35 bits per heavy atom. The van der Waals surface area contributed by atoms with Gasteiger partial charge in [-0.05, 0) is 25.0 Å². The lowest BCUT2D eigenvalue weighted by atomic mass is 10.1. The largest absolute Gasteiger partial charge is 0.349 e. The molecule has 1 saturated carbocycles. The van der Waals surface area contributed by atoms with Crippen molar-refractivity contribution in [3.05, 3.63) is 41.0 Å². The molecule has 0 unspecified atom stereocenters. The molecule has 1 aliphatic rings. The van der Waals surface area contributed by atoms with Gasteiger partial charge in [0.15, 0.2) is 0 Å². The van der Waals surface area contributed by atoms with Crippen molar-refractivity contribution < 1.29 is 4.79 Å². The number of carbonyl (C=O) groups excluding carboxylic acids is 1. The minimum Gasteiger partial charge on any atom is -0.349 e. The van der Waals surface area contributed by atoms with E-state index >= 15 is 0 Å². The lowest BCUT2D eigenvalue weighted by Gasteiger charge is -2.11. The van der Waals surface area contributed by atoms with Gasteiger partial charge in [0.25, 0.3) is 5.91 Å². The minimum atomic E-state index is -0.0689. The van der Waals surface area contributed by atoms with E-state index in [-0.39, 0.29) is 5.91 Å². The Kier molecular flexibility index (Phi) is 3.74. The van der Waals surface area contributed by atoms with Gasteiger partial charge in [-0.25, -0.2) is 0 Å². The van der Waals surface area contributed by atoms with Crippen molar-refractivity contribution in [1.82, 2.24) is 15.5 Å². The number of hydrogen-bond donors (Lipinski definition) is 2. The summed E-state index contributed by atoms with van der Waals surface area (Å²) < 4.78 is 0. The monoisotopic (exact) mass is 289 g/mol. The quantitative estimate of drug-likeness (QED) is 0.910. The fourth-order valence-electron chi connectivity index (χ4n) is 2.66. The van der Waals surface area contributed by atoms with Crippen LogP contribution in [0, 0.1) is 0 Å². The van der Waals surface area contributed by atoms with Gasteiger partial charge in [-0.15, -0.1) is 0 Å². The first kappa shape index (κ1) is 13.2. The molecule has 5 heteroatoms. The molecule has 1 aliphatic carbocycles. The van der Waals surface area contributed by atoms with Crippen molar-refractivity contribution in [2.75, 3.05) is 0 Å². The number of amides is 1. The molecule has 0 spiro atoms. The number of aromatic nitrogens is 2. The van der Waals surface area contributed by atoms with E-state index in [1.807, 2.05) is 18.2 Å². The van der Waals surface area contributed by atoms with Crippen molar-refractivity contribution in [3.63, 3.8) is 0 Å². The summed E-state index contributed by atoms with van der Waals surface area (Å²) in [6.07, 6.45) is 6.08. The van der Waals surface area contributed by atoms with Gasteiger partial charge in [0.2, 0.25) is 0 Å². The standard InChI is InChI=1S/C15H16ClN3O/c16-11-5-3-4-10(8-11)14-13(9-17-19-14)15(20)18-12-6-1-2-7-12/h3-5,8-9,12H,1-2,6-7H2,(H,17,19)(H,18,20). The summed E-state index contributed by atoms with van der Waals surface area (Å²) in [5, 5.41) is 10.6. The molecule has 1 aromatic carbocycles. The van der Waals surface area contributed by atoms with Gasteiger partial charge in [-0.3, -0.25) is 9.89 Å². The van der Waals surface area contributed by atoms with Gasteiger partial charge < -0.3 is 5.32 Å². The number of carbonyl (C=O) groups is 1. The van der Waals surface area contributed by atoms with Crippen molar-refractivity contribution in [2.45, 2.75) is 31.7 Å². The summed E-state index contributed by atoms with van der Waals surface area (Å²) >= 11 is 6.00. The topological polar surface area (TPSA) is 57.8 Å². The summed E-state index contributed by atoms with van der Waals surface area (Å²) in [6, 6.07) is 7.69. The summed E-state index contributed by atoms with van der Waals surface area (Å²) in [4.78, 5) is 12.3. The van der Waals surface area contributed by atoms with Crippen LogP contribution in [0.15, 0.2) is 30.5 Å². The Morgan fingerprint density at radius 3 is 2.90 bits per heavy atom. The first-order chi connectivity index (χ1) is 9.74. The second-order valence-corrected chi connectivity index (χ2v) is 5.56. The van der Waals surface area contributed by atoms with Crippen LogP contribution >= 0.6 is 11.6 Å². The fourth-order valence-corrected chi connectivity index (χ4v) is 2.85. The average Bonchev–Trinajstić information content (AvgIpc) is 3.09. The van der Waals surface area contributed by atoms with Crippen LogP contribution in [0.3, 0.4) is 0 Å². The molecular weight excluding hydrogens is 274 g/mol. The molecule has 0 bridgehead atoms. The lowest BCUT2D eigenvalue weighted by molar-refractivity contribution is 0.0938. The highest BCUT2D eigenvalue weighted by Gasteiger charge is 2.21. The third-order valence-electron chi connectivity index (χ3n) is 3.69. The van der Waals surface area contributed by atoms with Crippen LogP contribution in [0.1, 0.15) is 36.0 Å². The summed E-state index contributed by atoms with van der Waals surface area (Å²) in [6.45, 7) is 0. The van der Waals surface area contributed by atoms with E-state index in [9.17, 15) is 4.79 Å². The Labute approximate surface area is 122 Å². The Bertz CT molecular complexity index is 617. The van der Waals surface area contributed by atoms with Crippen LogP contribution in [0.2, 0.25) is 5.02 Å². The molecule has 0 radical (unpaired) electrons. The number of nitrogens with one attached hydrogen (secondary N) is 2. The van der Waals surface area contributed by atoms with Gasteiger partial charge >= 0.3 is 0 Å². The zero-order chi connectivity index (χ0) is 13.9. The predicted octanol–water partition coefficient (Wildman–Crippen LogP) is 3.40. The maximum atomic E-state index is 12.3. The van der Waals surface area contributed by atoms with Crippen molar-refractivity contribution >= 4 is 17.5 Å². The van der Waals surface area contributed by atoms with E-state index < -0.39 is 0 Å². The van der Waals surface area contributed by atoms with Crippen LogP contribution in [0.5, 0.6) is 0 Å². The first-order valence-corrected chi connectivity index (χ1v) is 7.22. The highest BCUT2D eigenvalue weighted by molar-refractivity contribution is 6.30. The van der Waals surface area contributed by atoms with E-state index in [1.165, 1.54) is 12.8 Å². The molecule has 0 aliphatic heterocycles. The maximum absolute atomic E-state index is 12.3. The SMILES string of the molecule is O=C(NC1CCCC1)c1cn[nH]c1-c1cccc(Cl)c1. The molecule has 2 N–H and O–H groups in total. The van der Waals surface area contributed by atoms with Crippen LogP contribution in [0.4, 0.5) is 0 Å². The molecule has 0 atom stereocenters. The van der Waals surface area contributed by atoms with E-state index in [2.05, 4.69) is 15.5 Å². The van der Waals surface area contributed by atoms with E-state index in [1.54, 1.807) is 12.3 Å². The Morgan fingerprint density at radius 2 is 2.15 bits per heavy atom. The number of nitrogens with zero attached hydrogens (tertiary/aromatic N) is 1. The number of hydrogen-bond acceptors (Lipinski definition) is 2. The average molecular weight is 290 g/mol. The molecule has 0 saturated heterocycles. The zero-order valence-corrected chi connectivity index (χ0v) is 11.8. The molecule has 1 heterocycles. The van der Waals surface area contributed by atoms with Gasteiger partial charge in [-0.2, -0.15) is 5.10 Å². The molecule has 1 fully saturated rings. The summed E-state index contributed by atoms with van der Waals surface area (Å²) in [7, 11) is 0. The molecule has 20 heavy (non-hydrogen) atoms. The van der Waals surface area contributed by atoms with Crippen molar-refractivity contribution in [3.8, 4) is 11.3 Å². The number of rotatable bonds is 3. The molecule has 3 rings (SSSR count). The van der Waals surface area contributed by atoms with Gasteiger partial charge in [0, 0.05) is 16.6 Å². The van der Waals surface area contributed by atoms with E-state index in [0.29, 0.717) is 22.3 Å². The number of halogens is 1. The minimum absolute atomic E-state index is 0.0689. The van der Waals surface area contributed by atoms with Gasteiger partial charge in [0.05, 0.1) is 17.5 Å². The second kappa shape index (κ2) is 5.67. The van der Waals surface area contributed by atoms with Crippen molar-refractivity contribution in [2.24, 2.45) is 0 Å². The highest BCUT2D eigenvalue weighted by Crippen LogP contribution is 2.25. The third-order valence-corrected chi connectivity index (χ3v) is 3.92. The normalized spacial score (nSPS) is 15.4. The third kappa shape index (κ3) is 2.70. The second-order valence-electron chi connectivity index (χ2n) is 5.12. The Balaban J connectivity index is 1.84. The number of benzene rings is 1. The number of H-pyrrole nitrogens is 1. The summed E-state index contributed by atoms with van der Waals surface area (Å²) in [5.74, 6) is -0.0689. The molecule has 104 valence electrons. The van der Waals surface area contributed by atoms with E-state index in [4.69, 9.17) is 11.6 Å².